The molecule has 3 rings (SSSR count). The molecule has 1 N–H and O–H groups in total. The Labute approximate surface area is 169 Å². The van der Waals surface area contributed by atoms with E-state index < -0.39 is 0 Å². The minimum absolute atomic E-state index is 0.0217. The molecule has 27 heavy (non-hydrogen) atoms. The van der Waals surface area contributed by atoms with E-state index in [9.17, 15) is 9.59 Å². The first-order chi connectivity index (χ1) is 12.9. The standard InChI is InChI=1S/C21H22Cl2N2O2/c1-14(26)15-5-2-7-17(11-15)24-21(27)16-6-4-10-25(12-16)13-18-19(22)8-3-9-20(18)23/h2-3,5,7-9,11,16H,4,6,10,12-13H2,1H3,(H,24,27)/t16-/m1/s1. The molecule has 0 unspecified atom stereocenters. The van der Waals surface area contributed by atoms with Gasteiger partial charge in [0.15, 0.2) is 5.78 Å². The van der Waals surface area contributed by atoms with Gasteiger partial charge in [-0.25, -0.2) is 0 Å². The summed E-state index contributed by atoms with van der Waals surface area (Å²) in [6, 6.07) is 12.5. The van der Waals surface area contributed by atoms with Crippen molar-refractivity contribution in [3.05, 3.63) is 63.6 Å². The summed E-state index contributed by atoms with van der Waals surface area (Å²) in [4.78, 5) is 26.4. The van der Waals surface area contributed by atoms with Crippen LogP contribution in [0.5, 0.6) is 0 Å². The number of carbonyl (C=O) groups excluding carboxylic acids is 2. The number of Topliss-reactive ketones (excluding diaryl/α,β-unsaturated/α-hetero) is 1. The topological polar surface area (TPSA) is 49.4 Å². The van der Waals surface area contributed by atoms with E-state index in [2.05, 4.69) is 10.2 Å². The van der Waals surface area contributed by atoms with Crippen LogP contribution in [0.4, 0.5) is 5.69 Å². The normalized spacial score (nSPS) is 17.5. The Kier molecular flexibility index (Phi) is 6.53. The summed E-state index contributed by atoms with van der Waals surface area (Å²) in [6.45, 7) is 3.70. The van der Waals surface area contributed by atoms with Crippen molar-refractivity contribution in [2.75, 3.05) is 18.4 Å². The average Bonchev–Trinajstić information content (AvgIpc) is 2.65. The Bertz CT molecular complexity index is 834. The lowest BCUT2D eigenvalue weighted by Crippen LogP contribution is -2.40. The predicted molar refractivity (Wildman–Crippen MR) is 110 cm³/mol. The molecule has 1 saturated heterocycles. The second kappa shape index (κ2) is 8.87. The molecule has 0 saturated carbocycles. The zero-order chi connectivity index (χ0) is 19.4. The number of amides is 1. The van der Waals surface area contributed by atoms with Crippen LogP contribution in [-0.2, 0) is 11.3 Å². The van der Waals surface area contributed by atoms with Gasteiger partial charge >= 0.3 is 0 Å². The largest absolute Gasteiger partial charge is 0.326 e. The van der Waals surface area contributed by atoms with E-state index in [0.717, 1.165) is 24.9 Å². The van der Waals surface area contributed by atoms with Gasteiger partial charge in [0.25, 0.3) is 0 Å². The van der Waals surface area contributed by atoms with Gasteiger partial charge in [0.1, 0.15) is 0 Å². The zero-order valence-corrected chi connectivity index (χ0v) is 16.7. The minimum atomic E-state index is -0.110. The van der Waals surface area contributed by atoms with Gasteiger partial charge in [0.2, 0.25) is 5.91 Å². The third-order valence-electron chi connectivity index (χ3n) is 4.86. The van der Waals surface area contributed by atoms with Crippen molar-refractivity contribution in [1.82, 2.24) is 4.90 Å². The number of piperidine rings is 1. The van der Waals surface area contributed by atoms with Crippen LogP contribution in [0.25, 0.3) is 0 Å². The molecule has 1 fully saturated rings. The molecular weight excluding hydrogens is 383 g/mol. The molecule has 0 aromatic heterocycles. The lowest BCUT2D eigenvalue weighted by molar-refractivity contribution is -0.121. The van der Waals surface area contributed by atoms with Gasteiger partial charge in [-0.05, 0) is 50.6 Å². The molecule has 1 aliphatic rings. The SMILES string of the molecule is CC(=O)c1cccc(NC(=O)[C@@H]2CCCN(Cc3c(Cl)cccc3Cl)C2)c1. The van der Waals surface area contributed by atoms with Gasteiger partial charge in [0, 0.05) is 39.9 Å². The summed E-state index contributed by atoms with van der Waals surface area (Å²) in [5.74, 6) is -0.154. The molecule has 2 aromatic rings. The molecule has 2 aromatic carbocycles. The number of benzene rings is 2. The van der Waals surface area contributed by atoms with Gasteiger partial charge in [-0.2, -0.15) is 0 Å². The molecule has 0 bridgehead atoms. The van der Waals surface area contributed by atoms with Crippen molar-refractivity contribution >= 4 is 40.6 Å². The minimum Gasteiger partial charge on any atom is -0.326 e. The maximum absolute atomic E-state index is 12.7. The second-order valence-corrected chi connectivity index (χ2v) is 7.72. The fourth-order valence-corrected chi connectivity index (χ4v) is 3.90. The Morgan fingerprint density at radius 1 is 1.15 bits per heavy atom. The smallest absolute Gasteiger partial charge is 0.228 e. The summed E-state index contributed by atoms with van der Waals surface area (Å²) < 4.78 is 0. The Balaban J connectivity index is 1.64. The van der Waals surface area contributed by atoms with E-state index in [-0.39, 0.29) is 17.6 Å². The van der Waals surface area contributed by atoms with E-state index in [1.165, 1.54) is 6.92 Å². The summed E-state index contributed by atoms with van der Waals surface area (Å²) in [6.07, 6.45) is 1.78. The van der Waals surface area contributed by atoms with Crippen LogP contribution in [0.3, 0.4) is 0 Å². The van der Waals surface area contributed by atoms with Gasteiger partial charge in [-0.15, -0.1) is 0 Å². The molecule has 142 valence electrons. The van der Waals surface area contributed by atoms with Gasteiger partial charge in [-0.3, -0.25) is 14.5 Å². The van der Waals surface area contributed by atoms with E-state index in [1.807, 2.05) is 18.2 Å². The highest BCUT2D eigenvalue weighted by Gasteiger charge is 2.26. The van der Waals surface area contributed by atoms with Crippen molar-refractivity contribution in [3.8, 4) is 0 Å². The highest BCUT2D eigenvalue weighted by Crippen LogP contribution is 2.28. The number of carbonyl (C=O) groups is 2. The molecule has 0 spiro atoms. The van der Waals surface area contributed by atoms with E-state index in [0.29, 0.717) is 34.4 Å². The van der Waals surface area contributed by atoms with Crippen LogP contribution in [0.1, 0.15) is 35.7 Å². The van der Waals surface area contributed by atoms with Crippen LogP contribution >= 0.6 is 23.2 Å². The highest BCUT2D eigenvalue weighted by molar-refractivity contribution is 6.35. The Hall–Kier alpha value is -1.88. The molecule has 0 radical (unpaired) electrons. The fourth-order valence-electron chi connectivity index (χ4n) is 3.38. The lowest BCUT2D eigenvalue weighted by atomic mass is 9.96. The molecule has 1 amide bonds. The average molecular weight is 405 g/mol. The first-order valence-corrected chi connectivity index (χ1v) is 9.76. The number of likely N-dealkylation sites (tertiary alicyclic amines) is 1. The Morgan fingerprint density at radius 3 is 2.56 bits per heavy atom. The van der Waals surface area contributed by atoms with Crippen LogP contribution in [-0.4, -0.2) is 29.7 Å². The van der Waals surface area contributed by atoms with Crippen molar-refractivity contribution in [3.63, 3.8) is 0 Å². The number of ketones is 1. The first-order valence-electron chi connectivity index (χ1n) is 9.01. The molecular formula is C21H22Cl2N2O2. The molecule has 4 nitrogen and oxygen atoms in total. The van der Waals surface area contributed by atoms with Crippen molar-refractivity contribution in [1.29, 1.82) is 0 Å². The van der Waals surface area contributed by atoms with Crippen LogP contribution in [0.2, 0.25) is 10.0 Å². The van der Waals surface area contributed by atoms with Crippen LogP contribution in [0, 0.1) is 5.92 Å². The number of hydrogen-bond acceptors (Lipinski definition) is 3. The summed E-state index contributed by atoms with van der Waals surface area (Å²) in [5, 5.41) is 4.24. The third kappa shape index (κ3) is 5.10. The number of halogens is 2. The van der Waals surface area contributed by atoms with Crippen LogP contribution < -0.4 is 5.32 Å². The Morgan fingerprint density at radius 2 is 1.85 bits per heavy atom. The number of anilines is 1. The van der Waals surface area contributed by atoms with E-state index in [1.54, 1.807) is 24.3 Å². The zero-order valence-electron chi connectivity index (χ0n) is 15.2. The summed E-state index contributed by atoms with van der Waals surface area (Å²) in [5.41, 5.74) is 2.14. The molecule has 1 heterocycles. The van der Waals surface area contributed by atoms with Gasteiger partial charge < -0.3 is 5.32 Å². The molecule has 0 aliphatic carbocycles. The second-order valence-electron chi connectivity index (χ2n) is 6.90. The van der Waals surface area contributed by atoms with Crippen LogP contribution in [0.15, 0.2) is 42.5 Å². The fraction of sp³-hybridized carbons (Fsp3) is 0.333. The highest BCUT2D eigenvalue weighted by atomic mass is 35.5. The third-order valence-corrected chi connectivity index (χ3v) is 5.56. The maximum atomic E-state index is 12.7. The molecule has 1 atom stereocenters. The van der Waals surface area contributed by atoms with Gasteiger partial charge in [-0.1, -0.05) is 41.4 Å². The van der Waals surface area contributed by atoms with Crippen molar-refractivity contribution in [2.24, 2.45) is 5.92 Å². The molecule has 6 heteroatoms. The summed E-state index contributed by atoms with van der Waals surface area (Å²) >= 11 is 12.6. The number of nitrogens with one attached hydrogen (secondary N) is 1. The number of nitrogens with zero attached hydrogens (tertiary/aromatic N) is 1. The van der Waals surface area contributed by atoms with Crippen molar-refractivity contribution in [2.45, 2.75) is 26.3 Å². The molecule has 1 aliphatic heterocycles. The van der Waals surface area contributed by atoms with Crippen molar-refractivity contribution < 1.29 is 9.59 Å². The quantitative estimate of drug-likeness (QED) is 0.709. The van der Waals surface area contributed by atoms with Gasteiger partial charge in [0.05, 0.1) is 5.92 Å². The number of hydrogen-bond donors (Lipinski definition) is 1. The lowest BCUT2D eigenvalue weighted by Gasteiger charge is -2.32. The monoisotopic (exact) mass is 404 g/mol. The first kappa shape index (κ1) is 19.9. The maximum Gasteiger partial charge on any atom is 0.228 e. The van der Waals surface area contributed by atoms with E-state index >= 15 is 0 Å². The summed E-state index contributed by atoms with van der Waals surface area (Å²) in [7, 11) is 0. The predicted octanol–water partition coefficient (Wildman–Crippen LogP) is 5.05. The number of rotatable bonds is 5. The van der Waals surface area contributed by atoms with E-state index in [4.69, 9.17) is 23.2 Å².